The van der Waals surface area contributed by atoms with E-state index in [4.69, 9.17) is 14.2 Å². The van der Waals surface area contributed by atoms with Gasteiger partial charge in [-0.05, 0) is 61.0 Å². The molecule has 0 aliphatic rings. The first-order valence-corrected chi connectivity index (χ1v) is 11.2. The van der Waals surface area contributed by atoms with Gasteiger partial charge in [0.05, 0.1) is 25.6 Å². The van der Waals surface area contributed by atoms with Crippen LogP contribution in [0.5, 0.6) is 17.2 Å². The van der Waals surface area contributed by atoms with Crippen molar-refractivity contribution in [1.82, 2.24) is 5.43 Å². The van der Waals surface area contributed by atoms with Crippen LogP contribution in [-0.2, 0) is 4.79 Å². The standard InChI is InChI=1S/C25H24BrN3O5/c1-3-33-23-13-17(15-27-29-25(31)18-7-6-8-19(26)14-18)11-12-22(23)34-16-24(30)28-20-9-4-5-10-21(20)32-2/h4-15H,3,16H2,1-2H3,(H,28,30)(H,29,31)/b27-15+. The second kappa shape index (κ2) is 12.4. The van der Waals surface area contributed by atoms with E-state index in [1.807, 2.05) is 19.1 Å². The zero-order valence-corrected chi connectivity index (χ0v) is 20.3. The Bertz CT molecular complexity index is 1180. The topological polar surface area (TPSA) is 98.3 Å². The number of carbonyl (C=O) groups excluding carboxylic acids is 2. The van der Waals surface area contributed by atoms with E-state index in [0.717, 1.165) is 4.47 Å². The fourth-order valence-corrected chi connectivity index (χ4v) is 3.33. The lowest BCUT2D eigenvalue weighted by atomic mass is 10.2. The molecule has 2 amide bonds. The fourth-order valence-electron chi connectivity index (χ4n) is 2.93. The van der Waals surface area contributed by atoms with Crippen LogP contribution in [0.4, 0.5) is 5.69 Å². The Morgan fingerprint density at radius 3 is 2.56 bits per heavy atom. The minimum Gasteiger partial charge on any atom is -0.495 e. The van der Waals surface area contributed by atoms with Crippen molar-refractivity contribution in [2.24, 2.45) is 5.10 Å². The van der Waals surface area contributed by atoms with Gasteiger partial charge in [-0.2, -0.15) is 5.10 Å². The van der Waals surface area contributed by atoms with Gasteiger partial charge in [0.1, 0.15) is 5.75 Å². The predicted molar refractivity (Wildman–Crippen MR) is 134 cm³/mol. The van der Waals surface area contributed by atoms with Gasteiger partial charge in [0.2, 0.25) is 0 Å². The number of ether oxygens (including phenoxy) is 3. The molecule has 8 nitrogen and oxygen atoms in total. The van der Waals surface area contributed by atoms with Gasteiger partial charge in [-0.3, -0.25) is 9.59 Å². The SMILES string of the molecule is CCOc1cc(/C=N/NC(=O)c2cccc(Br)c2)ccc1OCC(=O)Nc1ccccc1OC. The summed E-state index contributed by atoms with van der Waals surface area (Å²) in [5.74, 6) is 0.750. The van der Waals surface area contributed by atoms with Gasteiger partial charge in [-0.25, -0.2) is 5.43 Å². The zero-order chi connectivity index (χ0) is 24.3. The molecule has 9 heteroatoms. The Morgan fingerprint density at radius 1 is 0.971 bits per heavy atom. The first-order chi connectivity index (χ1) is 16.5. The van der Waals surface area contributed by atoms with E-state index < -0.39 is 0 Å². The number of nitrogens with zero attached hydrogens (tertiary/aromatic N) is 1. The molecule has 2 N–H and O–H groups in total. The number of hydrogen-bond acceptors (Lipinski definition) is 6. The summed E-state index contributed by atoms with van der Waals surface area (Å²) >= 11 is 3.33. The lowest BCUT2D eigenvalue weighted by Gasteiger charge is -2.13. The number of rotatable bonds is 10. The molecule has 34 heavy (non-hydrogen) atoms. The van der Waals surface area contributed by atoms with Gasteiger partial charge in [0, 0.05) is 10.0 Å². The van der Waals surface area contributed by atoms with Crippen molar-refractivity contribution in [2.75, 3.05) is 25.6 Å². The van der Waals surface area contributed by atoms with E-state index in [1.54, 1.807) is 54.6 Å². The highest BCUT2D eigenvalue weighted by molar-refractivity contribution is 9.10. The average Bonchev–Trinajstić information content (AvgIpc) is 2.84. The molecule has 0 aromatic heterocycles. The summed E-state index contributed by atoms with van der Waals surface area (Å²) in [6.07, 6.45) is 1.50. The molecule has 0 fully saturated rings. The predicted octanol–water partition coefficient (Wildman–Crippen LogP) is 4.64. The molecular formula is C25H24BrN3O5. The van der Waals surface area contributed by atoms with E-state index in [1.165, 1.54) is 13.3 Å². The maximum atomic E-state index is 12.3. The van der Waals surface area contributed by atoms with Crippen LogP contribution in [0.1, 0.15) is 22.8 Å². The molecule has 0 unspecified atom stereocenters. The van der Waals surface area contributed by atoms with Gasteiger partial charge in [-0.1, -0.05) is 34.1 Å². The number of hydrogen-bond donors (Lipinski definition) is 2. The molecule has 0 heterocycles. The fraction of sp³-hybridized carbons (Fsp3) is 0.160. The quantitative estimate of drug-likeness (QED) is 0.297. The van der Waals surface area contributed by atoms with Crippen LogP contribution < -0.4 is 25.0 Å². The third kappa shape index (κ3) is 7.08. The summed E-state index contributed by atoms with van der Waals surface area (Å²) < 4.78 is 17.3. The molecule has 0 aliphatic carbocycles. The number of carbonyl (C=O) groups is 2. The summed E-state index contributed by atoms with van der Waals surface area (Å²) in [7, 11) is 1.53. The third-order valence-electron chi connectivity index (χ3n) is 4.47. The number of hydrazone groups is 1. The summed E-state index contributed by atoms with van der Waals surface area (Å²) in [6.45, 7) is 2.04. The van der Waals surface area contributed by atoms with E-state index in [2.05, 4.69) is 31.8 Å². The molecule has 3 rings (SSSR count). The van der Waals surface area contributed by atoms with Gasteiger partial charge < -0.3 is 19.5 Å². The summed E-state index contributed by atoms with van der Waals surface area (Å²) in [5.41, 5.74) is 4.21. The van der Waals surface area contributed by atoms with E-state index >= 15 is 0 Å². The second-order valence-electron chi connectivity index (χ2n) is 6.89. The first-order valence-electron chi connectivity index (χ1n) is 10.4. The maximum absolute atomic E-state index is 12.3. The average molecular weight is 526 g/mol. The number of nitrogens with one attached hydrogen (secondary N) is 2. The zero-order valence-electron chi connectivity index (χ0n) is 18.7. The van der Waals surface area contributed by atoms with Crippen LogP contribution in [0.25, 0.3) is 0 Å². The van der Waals surface area contributed by atoms with E-state index in [-0.39, 0.29) is 18.4 Å². The highest BCUT2D eigenvalue weighted by Crippen LogP contribution is 2.28. The highest BCUT2D eigenvalue weighted by atomic mass is 79.9. The first kappa shape index (κ1) is 24.8. The second-order valence-corrected chi connectivity index (χ2v) is 7.80. The van der Waals surface area contributed by atoms with Crippen LogP contribution in [0.3, 0.4) is 0 Å². The summed E-state index contributed by atoms with van der Waals surface area (Å²) in [4.78, 5) is 24.5. The van der Waals surface area contributed by atoms with E-state index in [0.29, 0.717) is 40.7 Å². The Labute approximate surface area is 206 Å². The van der Waals surface area contributed by atoms with Crippen LogP contribution in [-0.4, -0.2) is 38.4 Å². The number of methoxy groups -OCH3 is 1. The molecule has 176 valence electrons. The van der Waals surface area contributed by atoms with Gasteiger partial charge in [0.25, 0.3) is 11.8 Å². The van der Waals surface area contributed by atoms with E-state index in [9.17, 15) is 9.59 Å². The minimum atomic E-state index is -0.340. The normalized spacial score (nSPS) is 10.6. The van der Waals surface area contributed by atoms with Gasteiger partial charge in [-0.15, -0.1) is 0 Å². The van der Waals surface area contributed by atoms with Gasteiger partial charge in [0.15, 0.2) is 18.1 Å². The molecule has 0 saturated heterocycles. The Kier molecular flexibility index (Phi) is 9.04. The van der Waals surface area contributed by atoms with Crippen molar-refractivity contribution in [3.05, 3.63) is 82.3 Å². The van der Waals surface area contributed by atoms with Crippen LogP contribution >= 0.6 is 15.9 Å². The molecule has 0 saturated carbocycles. The largest absolute Gasteiger partial charge is 0.495 e. The van der Waals surface area contributed by atoms with Crippen molar-refractivity contribution in [1.29, 1.82) is 0 Å². The van der Waals surface area contributed by atoms with Gasteiger partial charge >= 0.3 is 0 Å². The number of para-hydroxylation sites is 2. The molecule has 0 spiro atoms. The molecule has 3 aromatic rings. The molecule has 0 bridgehead atoms. The number of anilines is 1. The molecule has 3 aromatic carbocycles. The van der Waals surface area contributed by atoms with Crippen molar-refractivity contribution < 1.29 is 23.8 Å². The minimum absolute atomic E-state index is 0.214. The lowest BCUT2D eigenvalue weighted by molar-refractivity contribution is -0.118. The molecule has 0 radical (unpaired) electrons. The van der Waals surface area contributed by atoms with Crippen LogP contribution in [0, 0.1) is 0 Å². The maximum Gasteiger partial charge on any atom is 0.271 e. The highest BCUT2D eigenvalue weighted by Gasteiger charge is 2.11. The Hall–Kier alpha value is -3.85. The number of benzene rings is 3. The lowest BCUT2D eigenvalue weighted by Crippen LogP contribution is -2.20. The summed E-state index contributed by atoms with van der Waals surface area (Å²) in [6, 6.07) is 19.2. The number of amides is 2. The van der Waals surface area contributed by atoms with Crippen LogP contribution in [0.2, 0.25) is 0 Å². The Morgan fingerprint density at radius 2 is 1.79 bits per heavy atom. The molecule has 0 atom stereocenters. The van der Waals surface area contributed by atoms with Crippen molar-refractivity contribution in [2.45, 2.75) is 6.92 Å². The Balaban J connectivity index is 1.61. The smallest absolute Gasteiger partial charge is 0.271 e. The number of halogens is 1. The third-order valence-corrected chi connectivity index (χ3v) is 4.97. The summed E-state index contributed by atoms with van der Waals surface area (Å²) in [5, 5.41) is 6.76. The van der Waals surface area contributed by atoms with Crippen molar-refractivity contribution in [3.8, 4) is 17.2 Å². The molecule has 0 aliphatic heterocycles. The van der Waals surface area contributed by atoms with Crippen LogP contribution in [0.15, 0.2) is 76.3 Å². The van der Waals surface area contributed by atoms with Crippen molar-refractivity contribution in [3.63, 3.8) is 0 Å². The monoisotopic (exact) mass is 525 g/mol. The molecular weight excluding hydrogens is 502 g/mol. The van der Waals surface area contributed by atoms with Crippen molar-refractivity contribution >= 4 is 39.6 Å².